The van der Waals surface area contributed by atoms with Crippen LogP contribution in [0, 0.1) is 0 Å². The van der Waals surface area contributed by atoms with E-state index >= 15 is 0 Å². The standard InChI is InChI=1S/C27H36N2O5/c1-2-3-14-23(31)29(18-10-6-4-5-7-11-18)21-17-20(27(33)28-15-16-30)24-19-12-8-9-13-22(19)34-26(24)25(21)32/h3,8-9,12-14,17-18,21,24-26,30,32H,2,4-7,10-11,15-16H2,1H3,(H,28,33)/t21-,24+,25+,26+/m1/s1. The molecule has 2 amide bonds. The number of hydrogen-bond acceptors (Lipinski definition) is 5. The quantitative estimate of drug-likeness (QED) is 0.422. The minimum Gasteiger partial charge on any atom is -0.486 e. The Balaban J connectivity index is 1.76. The molecule has 34 heavy (non-hydrogen) atoms. The molecule has 0 unspecified atom stereocenters. The highest BCUT2D eigenvalue weighted by Gasteiger charge is 2.51. The number of carbonyl (C=O) groups excluding carboxylic acids is 2. The van der Waals surface area contributed by atoms with Crippen LogP contribution in [0.3, 0.4) is 0 Å². The summed E-state index contributed by atoms with van der Waals surface area (Å²) in [5.74, 6) is -0.230. The molecule has 0 radical (unpaired) electrons. The summed E-state index contributed by atoms with van der Waals surface area (Å²) in [6, 6.07) is 6.84. The van der Waals surface area contributed by atoms with Gasteiger partial charge in [0.1, 0.15) is 18.0 Å². The summed E-state index contributed by atoms with van der Waals surface area (Å²) in [5.41, 5.74) is 1.33. The second kappa shape index (κ2) is 11.2. The predicted molar refractivity (Wildman–Crippen MR) is 129 cm³/mol. The zero-order valence-corrected chi connectivity index (χ0v) is 19.9. The van der Waals surface area contributed by atoms with Gasteiger partial charge >= 0.3 is 0 Å². The van der Waals surface area contributed by atoms with Gasteiger partial charge in [0, 0.05) is 23.7 Å². The van der Waals surface area contributed by atoms with E-state index in [1.54, 1.807) is 17.1 Å². The van der Waals surface area contributed by atoms with Crippen LogP contribution in [0.4, 0.5) is 0 Å². The Hall–Kier alpha value is -2.64. The average molecular weight is 469 g/mol. The molecular weight excluding hydrogens is 432 g/mol. The van der Waals surface area contributed by atoms with Crippen molar-refractivity contribution in [2.75, 3.05) is 13.2 Å². The molecule has 3 N–H and O–H groups in total. The monoisotopic (exact) mass is 468 g/mol. The van der Waals surface area contributed by atoms with Crippen molar-refractivity contribution in [2.24, 2.45) is 0 Å². The fourth-order valence-corrected chi connectivity index (χ4v) is 5.57. The normalized spacial score (nSPS) is 26.7. The van der Waals surface area contributed by atoms with Crippen LogP contribution in [0.15, 0.2) is 48.1 Å². The van der Waals surface area contributed by atoms with Crippen LogP contribution in [0.1, 0.15) is 63.4 Å². The first-order valence-corrected chi connectivity index (χ1v) is 12.6. The van der Waals surface area contributed by atoms with Crippen molar-refractivity contribution in [3.8, 4) is 5.75 Å². The van der Waals surface area contributed by atoms with Crippen LogP contribution >= 0.6 is 0 Å². The Labute approximate surface area is 201 Å². The topological polar surface area (TPSA) is 99.1 Å². The van der Waals surface area contributed by atoms with Crippen LogP contribution in [0.2, 0.25) is 0 Å². The fraction of sp³-hybridized carbons (Fsp3) is 0.556. The van der Waals surface area contributed by atoms with Crippen molar-refractivity contribution >= 4 is 11.8 Å². The summed E-state index contributed by atoms with van der Waals surface area (Å²) in [7, 11) is 0. The molecular formula is C27H36N2O5. The predicted octanol–water partition coefficient (Wildman–Crippen LogP) is 2.83. The fourth-order valence-electron chi connectivity index (χ4n) is 5.57. The van der Waals surface area contributed by atoms with E-state index in [2.05, 4.69) is 5.32 Å². The lowest BCUT2D eigenvalue weighted by atomic mass is 9.77. The third-order valence-corrected chi connectivity index (χ3v) is 7.17. The molecule has 1 aromatic carbocycles. The lowest BCUT2D eigenvalue weighted by molar-refractivity contribution is -0.135. The van der Waals surface area contributed by atoms with E-state index in [-0.39, 0.29) is 31.0 Å². The Bertz CT molecular complexity index is 935. The largest absolute Gasteiger partial charge is 0.486 e. The van der Waals surface area contributed by atoms with Crippen LogP contribution < -0.4 is 10.1 Å². The summed E-state index contributed by atoms with van der Waals surface area (Å²) in [6.07, 6.45) is 10.4. The summed E-state index contributed by atoms with van der Waals surface area (Å²) in [4.78, 5) is 28.4. The number of rotatable bonds is 7. The lowest BCUT2D eigenvalue weighted by Gasteiger charge is -2.43. The third-order valence-electron chi connectivity index (χ3n) is 7.17. The number of nitrogens with one attached hydrogen (secondary N) is 1. The number of fused-ring (bicyclic) bond motifs is 3. The number of para-hydroxylation sites is 1. The summed E-state index contributed by atoms with van der Waals surface area (Å²) >= 11 is 0. The molecule has 1 aliphatic heterocycles. The number of aliphatic hydroxyl groups is 2. The van der Waals surface area contributed by atoms with Gasteiger partial charge in [-0.05, 0) is 37.5 Å². The summed E-state index contributed by atoms with van der Waals surface area (Å²) in [6.45, 7) is 1.95. The van der Waals surface area contributed by atoms with Gasteiger partial charge in [-0.25, -0.2) is 0 Å². The van der Waals surface area contributed by atoms with Crippen LogP contribution in [-0.2, 0) is 9.59 Å². The van der Waals surface area contributed by atoms with Crippen molar-refractivity contribution in [3.63, 3.8) is 0 Å². The molecule has 3 aliphatic rings. The van der Waals surface area contributed by atoms with Gasteiger partial charge in [-0.2, -0.15) is 0 Å². The van der Waals surface area contributed by atoms with Gasteiger partial charge in [0.25, 0.3) is 0 Å². The minimum atomic E-state index is -0.978. The van der Waals surface area contributed by atoms with Crippen molar-refractivity contribution < 1.29 is 24.5 Å². The number of allylic oxidation sites excluding steroid dienone is 1. The average Bonchev–Trinajstić information content (AvgIpc) is 3.04. The molecule has 1 aromatic rings. The molecule has 1 heterocycles. The van der Waals surface area contributed by atoms with E-state index < -0.39 is 24.2 Å². The first kappa shape index (κ1) is 24.5. The first-order valence-electron chi connectivity index (χ1n) is 12.6. The molecule has 4 rings (SSSR count). The van der Waals surface area contributed by atoms with E-state index in [1.165, 1.54) is 0 Å². The zero-order valence-electron chi connectivity index (χ0n) is 19.9. The number of aliphatic hydroxyl groups excluding tert-OH is 2. The van der Waals surface area contributed by atoms with E-state index in [1.807, 2.05) is 37.3 Å². The Morgan fingerprint density at radius 3 is 2.62 bits per heavy atom. The lowest BCUT2D eigenvalue weighted by Crippen LogP contribution is -2.58. The number of amides is 2. The molecule has 7 nitrogen and oxygen atoms in total. The highest BCUT2D eigenvalue weighted by Crippen LogP contribution is 2.47. The minimum absolute atomic E-state index is 0.00510. The number of hydrogen-bond donors (Lipinski definition) is 3. The van der Waals surface area contributed by atoms with Gasteiger partial charge in [0.15, 0.2) is 0 Å². The second-order valence-electron chi connectivity index (χ2n) is 9.38. The molecule has 4 atom stereocenters. The van der Waals surface area contributed by atoms with Crippen LogP contribution in [-0.4, -0.2) is 64.4 Å². The molecule has 7 heteroatoms. The van der Waals surface area contributed by atoms with Crippen molar-refractivity contribution in [1.82, 2.24) is 10.2 Å². The molecule has 1 saturated carbocycles. The zero-order chi connectivity index (χ0) is 24.1. The van der Waals surface area contributed by atoms with Gasteiger partial charge in [-0.1, -0.05) is 56.9 Å². The van der Waals surface area contributed by atoms with Gasteiger partial charge in [0.2, 0.25) is 11.8 Å². The molecule has 1 fully saturated rings. The highest BCUT2D eigenvalue weighted by molar-refractivity contribution is 5.96. The molecule has 2 aliphatic carbocycles. The number of nitrogens with zero attached hydrogens (tertiary/aromatic N) is 1. The van der Waals surface area contributed by atoms with E-state index in [0.717, 1.165) is 50.5 Å². The van der Waals surface area contributed by atoms with Gasteiger partial charge < -0.3 is 25.2 Å². The maximum atomic E-state index is 13.4. The van der Waals surface area contributed by atoms with Gasteiger partial charge in [-0.3, -0.25) is 9.59 Å². The van der Waals surface area contributed by atoms with Crippen molar-refractivity contribution in [3.05, 3.63) is 53.6 Å². The maximum Gasteiger partial charge on any atom is 0.247 e. The molecule has 0 spiro atoms. The van der Waals surface area contributed by atoms with E-state index in [4.69, 9.17) is 4.74 Å². The van der Waals surface area contributed by atoms with Gasteiger partial charge in [-0.15, -0.1) is 0 Å². The maximum absolute atomic E-state index is 13.4. The van der Waals surface area contributed by atoms with Crippen molar-refractivity contribution in [2.45, 2.75) is 82.1 Å². The van der Waals surface area contributed by atoms with Crippen molar-refractivity contribution in [1.29, 1.82) is 0 Å². The van der Waals surface area contributed by atoms with E-state index in [0.29, 0.717) is 11.3 Å². The number of carbonyl (C=O) groups is 2. The number of benzene rings is 1. The third kappa shape index (κ3) is 4.91. The van der Waals surface area contributed by atoms with Crippen LogP contribution in [0.5, 0.6) is 5.75 Å². The Kier molecular flexibility index (Phi) is 8.06. The Morgan fingerprint density at radius 2 is 1.91 bits per heavy atom. The van der Waals surface area contributed by atoms with Gasteiger partial charge in [0.05, 0.1) is 18.6 Å². The molecule has 184 valence electrons. The summed E-state index contributed by atoms with van der Waals surface area (Å²) in [5, 5.41) is 23.6. The smallest absolute Gasteiger partial charge is 0.247 e. The Morgan fingerprint density at radius 1 is 1.18 bits per heavy atom. The molecule has 0 aromatic heterocycles. The highest BCUT2D eigenvalue weighted by atomic mass is 16.5. The SMILES string of the molecule is CCC=CC(=O)N(C1CCCCCC1)[C@@H]1C=C(C(=O)NCCO)[C@@H]2c3ccccc3O[C@@H]2[C@H]1O. The molecule has 0 saturated heterocycles. The first-order chi connectivity index (χ1) is 16.6. The summed E-state index contributed by atoms with van der Waals surface area (Å²) < 4.78 is 6.19. The second-order valence-corrected chi connectivity index (χ2v) is 9.38. The molecule has 0 bridgehead atoms. The number of ether oxygens (including phenoxy) is 1. The van der Waals surface area contributed by atoms with E-state index in [9.17, 15) is 19.8 Å². The van der Waals surface area contributed by atoms with Crippen LogP contribution in [0.25, 0.3) is 0 Å².